The van der Waals surface area contributed by atoms with Crippen LogP contribution in [-0.4, -0.2) is 28.8 Å². The van der Waals surface area contributed by atoms with Crippen molar-refractivity contribution in [3.8, 4) is 5.69 Å². The molecule has 5 nitrogen and oxygen atoms in total. The van der Waals surface area contributed by atoms with Gasteiger partial charge in [0.05, 0.1) is 12.6 Å². The zero-order chi connectivity index (χ0) is 17.4. The van der Waals surface area contributed by atoms with Gasteiger partial charge in [-0.15, -0.1) is 0 Å². The van der Waals surface area contributed by atoms with Gasteiger partial charge in [-0.2, -0.15) is 5.10 Å². The average molecular weight is 321 g/mol. The van der Waals surface area contributed by atoms with Crippen molar-refractivity contribution in [2.24, 2.45) is 5.73 Å². The van der Waals surface area contributed by atoms with Crippen molar-refractivity contribution in [1.82, 2.24) is 15.1 Å². The van der Waals surface area contributed by atoms with Crippen molar-refractivity contribution < 1.29 is 6.17 Å². The first-order valence-electron chi connectivity index (χ1n) is 8.73. The molecule has 1 fully saturated rings. The number of carbonyl (C=O) groups excluding carboxylic acids is 1. The van der Waals surface area contributed by atoms with Crippen LogP contribution >= 0.6 is 0 Å². The van der Waals surface area contributed by atoms with E-state index in [0.717, 1.165) is 42.6 Å². The standard InChI is InChI=1S/C19H20N4O/c20-19(24)17-5-1-3-15-12-23(22-18(15)17)16-8-6-13(7-9-16)14-4-2-10-21-11-14/h1,3,5-9,12,14,21H,2,4,10-11H2,(H2,20,24)/t14-/m0/s1/i6D. The van der Waals surface area contributed by atoms with E-state index in [1.54, 1.807) is 16.8 Å². The maximum absolute atomic E-state index is 11.6. The fraction of sp³-hybridized carbons (Fsp3) is 0.263. The Morgan fingerprint density at radius 1 is 1.33 bits per heavy atom. The van der Waals surface area contributed by atoms with Crippen LogP contribution in [0.3, 0.4) is 0 Å². The number of nitrogens with two attached hydrogens (primary N) is 1. The van der Waals surface area contributed by atoms with Crippen molar-refractivity contribution in [3.63, 3.8) is 0 Å². The Labute approximate surface area is 141 Å². The predicted molar refractivity (Wildman–Crippen MR) is 94.4 cm³/mol. The molecule has 1 amide bonds. The number of aromatic nitrogens is 2. The van der Waals surface area contributed by atoms with Crippen LogP contribution in [0.15, 0.2) is 48.6 Å². The van der Waals surface area contributed by atoms with Gasteiger partial charge in [-0.1, -0.05) is 24.2 Å². The summed E-state index contributed by atoms with van der Waals surface area (Å²) in [6.45, 7) is 1.99. The van der Waals surface area contributed by atoms with Gasteiger partial charge in [-0.25, -0.2) is 4.68 Å². The Morgan fingerprint density at radius 2 is 2.25 bits per heavy atom. The number of nitrogens with zero attached hydrogens (tertiary/aromatic N) is 2. The number of nitrogens with one attached hydrogen (secondary N) is 1. The first-order chi connectivity index (χ1) is 12.1. The molecule has 1 saturated heterocycles. The van der Waals surface area contributed by atoms with Gasteiger partial charge < -0.3 is 11.1 Å². The SMILES string of the molecule is [2H]c1cc(-n2cc3cccc(C(N)=O)c3n2)ccc1[C@H]1CCCNC1. The molecule has 1 aromatic heterocycles. The van der Waals surface area contributed by atoms with E-state index in [2.05, 4.69) is 10.4 Å². The smallest absolute Gasteiger partial charge is 0.250 e. The molecule has 0 radical (unpaired) electrons. The lowest BCUT2D eigenvalue weighted by Gasteiger charge is -2.23. The molecule has 1 aliphatic rings. The predicted octanol–water partition coefficient (Wildman–Crippen LogP) is 2.59. The summed E-state index contributed by atoms with van der Waals surface area (Å²) < 4.78 is 10.1. The minimum absolute atomic E-state index is 0.397. The van der Waals surface area contributed by atoms with Gasteiger partial charge >= 0.3 is 0 Å². The summed E-state index contributed by atoms with van der Waals surface area (Å²) in [5.74, 6) is -0.0920. The van der Waals surface area contributed by atoms with Crippen molar-refractivity contribution >= 4 is 16.8 Å². The van der Waals surface area contributed by atoms with Gasteiger partial charge in [-0.3, -0.25) is 4.79 Å². The average Bonchev–Trinajstić information content (AvgIpc) is 3.06. The maximum atomic E-state index is 11.6. The molecule has 3 aromatic rings. The molecule has 24 heavy (non-hydrogen) atoms. The lowest BCUT2D eigenvalue weighted by atomic mass is 9.92. The highest BCUT2D eigenvalue weighted by atomic mass is 16.1. The molecule has 1 atom stereocenters. The number of benzene rings is 2. The highest BCUT2D eigenvalue weighted by Crippen LogP contribution is 2.25. The van der Waals surface area contributed by atoms with Crippen LogP contribution in [0, 0.1) is 0 Å². The number of primary amides is 1. The third kappa shape index (κ3) is 2.67. The maximum Gasteiger partial charge on any atom is 0.250 e. The van der Waals surface area contributed by atoms with Gasteiger partial charge in [0.15, 0.2) is 0 Å². The van der Waals surface area contributed by atoms with Crippen molar-refractivity contribution in [2.45, 2.75) is 18.8 Å². The summed E-state index contributed by atoms with van der Waals surface area (Å²) in [6, 6.07) is 11.7. The van der Waals surface area contributed by atoms with E-state index in [1.165, 1.54) is 0 Å². The molecule has 0 unspecified atom stereocenters. The molecule has 0 bridgehead atoms. The molecule has 2 heterocycles. The first kappa shape index (κ1) is 13.7. The topological polar surface area (TPSA) is 72.9 Å². The highest BCUT2D eigenvalue weighted by Gasteiger charge is 2.15. The Balaban J connectivity index is 1.72. The van der Waals surface area contributed by atoms with Crippen LogP contribution in [0.1, 0.15) is 36.1 Å². The minimum atomic E-state index is -0.489. The molecule has 0 saturated carbocycles. The number of piperidine rings is 1. The number of carbonyl (C=O) groups is 1. The van der Waals surface area contributed by atoms with Crippen molar-refractivity contribution in [3.05, 3.63) is 59.8 Å². The molecule has 4 rings (SSSR count). The summed E-state index contributed by atoms with van der Waals surface area (Å²) in [7, 11) is 0. The Bertz CT molecular complexity index is 944. The normalized spacial score (nSPS) is 18.5. The largest absolute Gasteiger partial charge is 0.366 e. The summed E-state index contributed by atoms with van der Waals surface area (Å²) in [4.78, 5) is 11.6. The van der Waals surface area contributed by atoms with Crippen LogP contribution in [0.5, 0.6) is 0 Å². The second-order valence-corrected chi connectivity index (χ2v) is 6.23. The number of amides is 1. The fourth-order valence-corrected chi connectivity index (χ4v) is 3.32. The molecule has 2 aromatic carbocycles. The quantitative estimate of drug-likeness (QED) is 0.779. The summed E-state index contributed by atoms with van der Waals surface area (Å²) in [6.07, 6.45) is 4.12. The molecular formula is C19H20N4O. The van der Waals surface area contributed by atoms with Crippen molar-refractivity contribution in [2.75, 3.05) is 13.1 Å². The molecule has 3 N–H and O–H groups in total. The van der Waals surface area contributed by atoms with Crippen LogP contribution in [-0.2, 0) is 0 Å². The lowest BCUT2D eigenvalue weighted by molar-refractivity contribution is 0.100. The second kappa shape index (κ2) is 6.09. The Kier molecular flexibility index (Phi) is 3.49. The third-order valence-electron chi connectivity index (χ3n) is 4.62. The lowest BCUT2D eigenvalue weighted by Crippen LogP contribution is -2.28. The number of hydrogen-bond acceptors (Lipinski definition) is 3. The molecular weight excluding hydrogens is 300 g/mol. The fourth-order valence-electron chi connectivity index (χ4n) is 3.32. The van der Waals surface area contributed by atoms with Crippen LogP contribution in [0.2, 0.25) is 0 Å². The zero-order valence-corrected chi connectivity index (χ0v) is 13.3. The van der Waals surface area contributed by atoms with E-state index < -0.39 is 5.91 Å². The van der Waals surface area contributed by atoms with Gasteiger partial charge in [-0.05, 0) is 49.1 Å². The van der Waals surface area contributed by atoms with Crippen LogP contribution in [0.25, 0.3) is 16.6 Å². The van der Waals surface area contributed by atoms with Gasteiger partial charge in [0.2, 0.25) is 0 Å². The van der Waals surface area contributed by atoms with E-state index in [-0.39, 0.29) is 0 Å². The summed E-state index contributed by atoms with van der Waals surface area (Å²) in [5, 5.41) is 8.75. The molecule has 1 aliphatic heterocycles. The number of rotatable bonds is 3. The summed E-state index contributed by atoms with van der Waals surface area (Å²) >= 11 is 0. The number of hydrogen-bond donors (Lipinski definition) is 2. The minimum Gasteiger partial charge on any atom is -0.366 e. The van der Waals surface area contributed by atoms with Crippen LogP contribution in [0.4, 0.5) is 0 Å². The number of fused-ring (bicyclic) bond motifs is 1. The van der Waals surface area contributed by atoms with Gasteiger partial charge in [0, 0.05) is 18.1 Å². The van der Waals surface area contributed by atoms with E-state index in [0.29, 0.717) is 23.0 Å². The first-order valence-corrected chi connectivity index (χ1v) is 8.23. The van der Waals surface area contributed by atoms with Gasteiger partial charge in [0.1, 0.15) is 5.52 Å². The van der Waals surface area contributed by atoms with E-state index in [9.17, 15) is 4.79 Å². The molecule has 122 valence electrons. The van der Waals surface area contributed by atoms with Crippen LogP contribution < -0.4 is 11.1 Å². The van der Waals surface area contributed by atoms with E-state index >= 15 is 0 Å². The molecule has 0 spiro atoms. The monoisotopic (exact) mass is 321 g/mol. The molecule has 5 heteroatoms. The van der Waals surface area contributed by atoms with E-state index in [4.69, 9.17) is 7.10 Å². The van der Waals surface area contributed by atoms with Gasteiger partial charge in [0.25, 0.3) is 5.91 Å². The highest BCUT2D eigenvalue weighted by molar-refractivity contribution is 6.04. The summed E-state index contributed by atoms with van der Waals surface area (Å²) in [5.41, 5.74) is 8.31. The van der Waals surface area contributed by atoms with Crippen molar-refractivity contribution in [1.29, 1.82) is 0 Å². The zero-order valence-electron chi connectivity index (χ0n) is 14.3. The Hall–Kier alpha value is -2.66. The molecule has 0 aliphatic carbocycles. The van der Waals surface area contributed by atoms with E-state index in [1.807, 2.05) is 30.5 Å². The third-order valence-corrected chi connectivity index (χ3v) is 4.62. The second-order valence-electron chi connectivity index (χ2n) is 6.23. The Morgan fingerprint density at radius 3 is 3.00 bits per heavy atom.